The zero-order valence-corrected chi connectivity index (χ0v) is 26.7. The Morgan fingerprint density at radius 1 is 1.08 bits per heavy atom. The number of rotatable bonds is 9. The quantitative estimate of drug-likeness (QED) is 0.107. The Bertz CT molecular complexity index is 1820. The fourth-order valence-electron chi connectivity index (χ4n) is 4.24. The molecule has 5 rings (SSSR count). The van der Waals surface area contributed by atoms with Crippen LogP contribution < -0.4 is 25.2 Å². The summed E-state index contributed by atoms with van der Waals surface area (Å²) in [4.78, 5) is 22.4. The van der Waals surface area contributed by atoms with Crippen LogP contribution in [0.4, 0.5) is 32.0 Å². The summed E-state index contributed by atoms with van der Waals surface area (Å²) in [7, 11) is 0. The van der Waals surface area contributed by atoms with Crippen molar-refractivity contribution in [1.82, 2.24) is 25.6 Å². The second-order valence-electron chi connectivity index (χ2n) is 9.90. The largest absolute Gasteiger partial charge is 0.573 e. The Morgan fingerprint density at radius 3 is 2.46 bits per heavy atom. The number of benzene rings is 3. The fourth-order valence-corrected chi connectivity index (χ4v) is 5.47. The number of thioether (sulfide) groups is 1. The Hall–Kier alpha value is -4.39. The van der Waals surface area contributed by atoms with Crippen molar-refractivity contribution in [2.75, 3.05) is 17.3 Å². The third kappa shape index (κ3) is 9.15. The minimum Gasteiger partial charge on any atom is -0.482 e. The number of ether oxygens (including phenoxy) is 2. The van der Waals surface area contributed by atoms with E-state index in [4.69, 9.17) is 28.6 Å². The summed E-state index contributed by atoms with van der Waals surface area (Å²) < 4.78 is 85.9. The lowest BCUT2D eigenvalue weighted by molar-refractivity contribution is -0.274. The topological polar surface area (TPSA) is 106 Å². The number of hydrogen-bond donors (Lipinski definition) is 2. The number of alkyl halides is 6. The van der Waals surface area contributed by atoms with Gasteiger partial charge in [0.1, 0.15) is 17.8 Å². The molecule has 1 atom stereocenters. The van der Waals surface area contributed by atoms with Crippen molar-refractivity contribution in [3.63, 3.8) is 0 Å². The van der Waals surface area contributed by atoms with E-state index in [1.165, 1.54) is 53.5 Å². The number of hydrogen-bond acceptors (Lipinski definition) is 8. The van der Waals surface area contributed by atoms with Crippen molar-refractivity contribution in [3.05, 3.63) is 83.6 Å². The van der Waals surface area contributed by atoms with Crippen molar-refractivity contribution in [3.8, 4) is 28.6 Å². The lowest BCUT2D eigenvalue weighted by Crippen LogP contribution is -2.38. The molecule has 48 heavy (non-hydrogen) atoms. The van der Waals surface area contributed by atoms with E-state index in [1.807, 2.05) is 19.1 Å². The smallest absolute Gasteiger partial charge is 0.482 e. The number of carbonyl (C=O) groups is 1. The average molecular weight is 730 g/mol. The molecule has 1 amide bonds. The first-order chi connectivity index (χ1) is 22.6. The molecule has 2 heterocycles. The maximum atomic E-state index is 12.8. The van der Waals surface area contributed by atoms with Gasteiger partial charge in [0.15, 0.2) is 17.6 Å². The van der Waals surface area contributed by atoms with Gasteiger partial charge in [-0.05, 0) is 67.2 Å². The van der Waals surface area contributed by atoms with Gasteiger partial charge < -0.3 is 9.47 Å². The molecule has 1 saturated heterocycles. The molecule has 1 unspecified atom stereocenters. The van der Waals surface area contributed by atoms with Crippen LogP contribution in [-0.2, 0) is 4.79 Å². The Labute approximate surface area is 283 Å². The van der Waals surface area contributed by atoms with Crippen LogP contribution >= 0.6 is 35.6 Å². The highest BCUT2D eigenvalue weighted by Crippen LogP contribution is 2.37. The first kappa shape index (κ1) is 34.9. The van der Waals surface area contributed by atoms with Crippen molar-refractivity contribution in [1.29, 1.82) is 0 Å². The standard InChI is InChI=1S/C29H22ClF6N7O3S2/c1-16(17-2-4-18(5-3-17)25-37-15-42(41-25)20-7-9-21(10-8-20)46-29(34,35)36)39-40-26(47)38-27-43(24(44)13-48-27)22-12-19(30)6-11-23(22)45-14-28(31,32)33/h2-12,15-16,39H,13-14H2,1H3,(H,40,47). The number of amides is 1. The second kappa shape index (κ2) is 14.4. The molecule has 0 saturated carbocycles. The minimum absolute atomic E-state index is 0.00233. The molecule has 1 aliphatic heterocycles. The van der Waals surface area contributed by atoms with E-state index in [1.54, 1.807) is 12.1 Å². The zero-order valence-electron chi connectivity index (χ0n) is 24.3. The SMILES string of the molecule is CC(NNC(=S)N=C1SCC(=O)N1c1cc(Cl)ccc1OCC(F)(F)F)c1ccc(-c2ncn(-c3ccc(OC(F)(F)F)cc3)n2)cc1. The zero-order chi connectivity index (χ0) is 34.6. The Balaban J connectivity index is 1.20. The summed E-state index contributed by atoms with van der Waals surface area (Å²) >= 11 is 12.4. The fraction of sp³-hybridized carbons (Fsp3) is 0.207. The van der Waals surface area contributed by atoms with Gasteiger partial charge in [0.25, 0.3) is 0 Å². The Morgan fingerprint density at radius 2 is 1.79 bits per heavy atom. The first-order valence-corrected chi connectivity index (χ1v) is 15.4. The molecule has 0 aliphatic carbocycles. The van der Waals surface area contributed by atoms with E-state index in [0.717, 1.165) is 22.2 Å². The van der Waals surface area contributed by atoms with Crippen molar-refractivity contribution in [2.24, 2.45) is 4.99 Å². The van der Waals surface area contributed by atoms with Crippen LogP contribution in [0.2, 0.25) is 5.02 Å². The summed E-state index contributed by atoms with van der Waals surface area (Å²) in [6.07, 6.45) is -7.95. The highest BCUT2D eigenvalue weighted by molar-refractivity contribution is 8.15. The van der Waals surface area contributed by atoms with Crippen LogP contribution in [0, 0.1) is 0 Å². The molecule has 10 nitrogen and oxygen atoms in total. The van der Waals surface area contributed by atoms with Crippen LogP contribution in [0.1, 0.15) is 18.5 Å². The van der Waals surface area contributed by atoms with Crippen LogP contribution in [0.3, 0.4) is 0 Å². The molecule has 0 radical (unpaired) electrons. The molecule has 1 aliphatic rings. The number of aliphatic imine (C=N–C) groups is 1. The summed E-state index contributed by atoms with van der Waals surface area (Å²) in [5, 5.41) is 4.63. The maximum Gasteiger partial charge on any atom is 0.573 e. The molecule has 1 fully saturated rings. The molecule has 0 bridgehead atoms. The van der Waals surface area contributed by atoms with Gasteiger partial charge in [-0.25, -0.2) is 15.1 Å². The van der Waals surface area contributed by atoms with E-state index < -0.39 is 25.1 Å². The summed E-state index contributed by atoms with van der Waals surface area (Å²) in [6.45, 7) is 0.278. The predicted octanol–water partition coefficient (Wildman–Crippen LogP) is 7.00. The second-order valence-corrected chi connectivity index (χ2v) is 11.7. The Kier molecular flexibility index (Phi) is 10.5. The number of hydrazine groups is 1. The van der Waals surface area contributed by atoms with Gasteiger partial charge in [0.2, 0.25) is 11.0 Å². The first-order valence-electron chi connectivity index (χ1n) is 13.6. The molecular formula is C29H22ClF6N7O3S2. The van der Waals surface area contributed by atoms with Gasteiger partial charge in [-0.2, -0.15) is 18.2 Å². The minimum atomic E-state index is -4.79. The van der Waals surface area contributed by atoms with Crippen LogP contribution in [0.25, 0.3) is 17.1 Å². The van der Waals surface area contributed by atoms with E-state index in [0.29, 0.717) is 17.1 Å². The van der Waals surface area contributed by atoms with Gasteiger partial charge in [-0.15, -0.1) is 18.3 Å². The molecule has 2 N–H and O–H groups in total. The normalized spacial score (nSPS) is 15.1. The van der Waals surface area contributed by atoms with Crippen molar-refractivity contribution < 1.29 is 40.6 Å². The lowest BCUT2D eigenvalue weighted by atomic mass is 10.1. The monoisotopic (exact) mass is 729 g/mol. The summed E-state index contributed by atoms with van der Waals surface area (Å²) in [5.41, 5.74) is 7.78. The van der Waals surface area contributed by atoms with E-state index in [9.17, 15) is 31.1 Å². The van der Waals surface area contributed by atoms with Gasteiger partial charge in [0, 0.05) is 16.6 Å². The average Bonchev–Trinajstić information content (AvgIpc) is 3.65. The number of carbonyl (C=O) groups excluding carboxylic acids is 1. The highest BCUT2D eigenvalue weighted by Gasteiger charge is 2.34. The van der Waals surface area contributed by atoms with Crippen molar-refractivity contribution in [2.45, 2.75) is 25.5 Å². The number of aromatic nitrogens is 3. The van der Waals surface area contributed by atoms with E-state index >= 15 is 0 Å². The number of nitrogens with one attached hydrogen (secondary N) is 2. The molecule has 3 aromatic carbocycles. The molecule has 19 heteroatoms. The number of halogens is 7. The number of thiocarbonyl (C=S) groups is 1. The van der Waals surface area contributed by atoms with Crippen LogP contribution in [0.15, 0.2) is 78.0 Å². The van der Waals surface area contributed by atoms with Crippen LogP contribution in [-0.4, -0.2) is 55.9 Å². The van der Waals surface area contributed by atoms with Gasteiger partial charge >= 0.3 is 12.5 Å². The maximum absolute atomic E-state index is 12.8. The van der Waals surface area contributed by atoms with Gasteiger partial charge in [0.05, 0.1) is 17.1 Å². The number of nitrogens with zero attached hydrogens (tertiary/aromatic N) is 5. The van der Waals surface area contributed by atoms with E-state index in [-0.39, 0.29) is 44.3 Å². The third-order valence-corrected chi connectivity index (χ3v) is 7.76. The molecular weight excluding hydrogens is 708 g/mol. The molecule has 4 aromatic rings. The molecule has 0 spiro atoms. The summed E-state index contributed by atoms with van der Waals surface area (Å²) in [5.74, 6) is -0.654. The lowest BCUT2D eigenvalue weighted by Gasteiger charge is -2.21. The van der Waals surface area contributed by atoms with E-state index in [2.05, 4.69) is 30.7 Å². The van der Waals surface area contributed by atoms with Crippen molar-refractivity contribution >= 4 is 57.5 Å². The van der Waals surface area contributed by atoms with Gasteiger partial charge in [-0.3, -0.25) is 15.1 Å². The highest BCUT2D eigenvalue weighted by atomic mass is 35.5. The van der Waals surface area contributed by atoms with Crippen LogP contribution in [0.5, 0.6) is 11.5 Å². The predicted molar refractivity (Wildman–Crippen MR) is 171 cm³/mol. The number of anilines is 1. The summed E-state index contributed by atoms with van der Waals surface area (Å²) in [6, 6.07) is 16.0. The van der Waals surface area contributed by atoms with Gasteiger partial charge in [-0.1, -0.05) is 47.6 Å². The number of amidine groups is 1. The third-order valence-electron chi connectivity index (χ3n) is 6.41. The molecule has 252 valence electrons. The molecule has 1 aromatic heterocycles.